The van der Waals surface area contributed by atoms with Crippen LogP contribution >= 0.6 is 0 Å². The van der Waals surface area contributed by atoms with Crippen molar-refractivity contribution in [2.24, 2.45) is 0 Å². The number of esters is 1. The number of anilines is 1. The number of carbonyl (C=O) groups excluding carboxylic acids is 2. The molecular weight excluding hydrogens is 414 g/mol. The number of hydrogen-bond donors (Lipinski definition) is 0. The standard InChI is InChI=1S/C23H21N3O6/c27-22(25-14-12-24(13-15-25)18-4-2-1-3-5-18)16-31-23(28)21-11-10-20(32-21)17-6-8-19(9-7-17)26(29)30/h1-11H,12-16H2. The topological polar surface area (TPSA) is 106 Å². The molecule has 1 fully saturated rings. The molecule has 0 saturated carbocycles. The number of nitrogens with zero attached hydrogens (tertiary/aromatic N) is 3. The third kappa shape index (κ3) is 4.77. The first-order valence-corrected chi connectivity index (χ1v) is 10.1. The Bertz CT molecular complexity index is 1100. The van der Waals surface area contributed by atoms with Crippen molar-refractivity contribution >= 4 is 23.3 Å². The summed E-state index contributed by atoms with van der Waals surface area (Å²) in [5, 5.41) is 10.8. The maximum Gasteiger partial charge on any atom is 0.374 e. The molecule has 1 saturated heterocycles. The Morgan fingerprint density at radius 1 is 0.938 bits per heavy atom. The van der Waals surface area contributed by atoms with Gasteiger partial charge < -0.3 is 19.0 Å². The quantitative estimate of drug-likeness (QED) is 0.332. The fraction of sp³-hybridized carbons (Fsp3) is 0.217. The Kier molecular flexibility index (Phi) is 6.16. The van der Waals surface area contributed by atoms with Crippen molar-refractivity contribution in [2.75, 3.05) is 37.7 Å². The molecule has 3 aromatic rings. The van der Waals surface area contributed by atoms with Gasteiger partial charge in [-0.15, -0.1) is 0 Å². The Hall–Kier alpha value is -4.14. The minimum Gasteiger partial charge on any atom is -0.450 e. The average Bonchev–Trinajstić information content (AvgIpc) is 3.33. The van der Waals surface area contributed by atoms with E-state index in [1.54, 1.807) is 11.0 Å². The minimum absolute atomic E-state index is 0.0388. The van der Waals surface area contributed by atoms with E-state index in [2.05, 4.69) is 4.90 Å². The van der Waals surface area contributed by atoms with Crippen LogP contribution in [0.1, 0.15) is 10.6 Å². The summed E-state index contributed by atoms with van der Waals surface area (Å²) in [7, 11) is 0. The third-order valence-electron chi connectivity index (χ3n) is 5.25. The van der Waals surface area contributed by atoms with Gasteiger partial charge in [-0.1, -0.05) is 18.2 Å². The maximum absolute atomic E-state index is 12.4. The number of nitro groups is 1. The molecule has 32 heavy (non-hydrogen) atoms. The summed E-state index contributed by atoms with van der Waals surface area (Å²) < 4.78 is 10.6. The molecule has 1 amide bonds. The van der Waals surface area contributed by atoms with Gasteiger partial charge in [0.25, 0.3) is 11.6 Å². The van der Waals surface area contributed by atoms with Gasteiger partial charge in [-0.2, -0.15) is 0 Å². The summed E-state index contributed by atoms with van der Waals surface area (Å²) in [6.07, 6.45) is 0. The molecule has 1 aromatic heterocycles. The fourth-order valence-corrected chi connectivity index (χ4v) is 3.49. The highest BCUT2D eigenvalue weighted by atomic mass is 16.6. The van der Waals surface area contributed by atoms with Gasteiger partial charge >= 0.3 is 5.97 Å². The highest BCUT2D eigenvalue weighted by Crippen LogP contribution is 2.25. The van der Waals surface area contributed by atoms with E-state index in [0.29, 0.717) is 37.5 Å². The number of piperazine rings is 1. The van der Waals surface area contributed by atoms with E-state index in [0.717, 1.165) is 5.69 Å². The van der Waals surface area contributed by atoms with Crippen LogP contribution < -0.4 is 4.90 Å². The summed E-state index contributed by atoms with van der Waals surface area (Å²) in [6, 6.07) is 18.8. The number of ether oxygens (including phenoxy) is 1. The van der Waals surface area contributed by atoms with Gasteiger partial charge in [-0.25, -0.2) is 4.79 Å². The second-order valence-electron chi connectivity index (χ2n) is 7.25. The molecular formula is C23H21N3O6. The molecule has 1 aliphatic rings. The van der Waals surface area contributed by atoms with Crippen LogP contribution in [0, 0.1) is 10.1 Å². The molecule has 1 aliphatic heterocycles. The number of non-ortho nitro benzene ring substituents is 1. The Morgan fingerprint density at radius 3 is 2.28 bits per heavy atom. The van der Waals surface area contributed by atoms with E-state index in [4.69, 9.17) is 9.15 Å². The fourth-order valence-electron chi connectivity index (χ4n) is 3.49. The summed E-state index contributed by atoms with van der Waals surface area (Å²) in [6.45, 7) is 2.16. The molecule has 164 valence electrons. The van der Waals surface area contributed by atoms with E-state index < -0.39 is 10.9 Å². The van der Waals surface area contributed by atoms with Crippen molar-refractivity contribution in [1.29, 1.82) is 0 Å². The monoisotopic (exact) mass is 435 g/mol. The number of hydrogen-bond acceptors (Lipinski definition) is 7. The van der Waals surface area contributed by atoms with Crippen molar-refractivity contribution in [1.82, 2.24) is 4.90 Å². The van der Waals surface area contributed by atoms with Crippen molar-refractivity contribution in [3.05, 3.63) is 82.6 Å². The van der Waals surface area contributed by atoms with Gasteiger partial charge in [0.15, 0.2) is 6.61 Å². The van der Waals surface area contributed by atoms with Gasteiger partial charge in [0, 0.05) is 49.6 Å². The zero-order chi connectivity index (χ0) is 22.5. The molecule has 0 N–H and O–H groups in total. The number of carbonyl (C=O) groups is 2. The maximum atomic E-state index is 12.4. The predicted octanol–water partition coefficient (Wildman–Crippen LogP) is 3.36. The molecule has 0 bridgehead atoms. The van der Waals surface area contributed by atoms with E-state index in [1.165, 1.54) is 30.3 Å². The van der Waals surface area contributed by atoms with Gasteiger partial charge in [-0.3, -0.25) is 14.9 Å². The van der Waals surface area contributed by atoms with Crippen LogP contribution in [-0.4, -0.2) is 54.5 Å². The lowest BCUT2D eigenvalue weighted by molar-refractivity contribution is -0.384. The van der Waals surface area contributed by atoms with E-state index >= 15 is 0 Å². The summed E-state index contributed by atoms with van der Waals surface area (Å²) >= 11 is 0. The first-order valence-electron chi connectivity index (χ1n) is 10.1. The molecule has 0 unspecified atom stereocenters. The van der Waals surface area contributed by atoms with Crippen molar-refractivity contribution < 1.29 is 23.7 Å². The number of amides is 1. The molecule has 0 spiro atoms. The van der Waals surface area contributed by atoms with E-state index in [9.17, 15) is 19.7 Å². The van der Waals surface area contributed by atoms with Crippen LogP contribution in [-0.2, 0) is 9.53 Å². The van der Waals surface area contributed by atoms with Gasteiger partial charge in [0.05, 0.1) is 4.92 Å². The smallest absolute Gasteiger partial charge is 0.374 e. The molecule has 2 heterocycles. The Labute approximate surface area is 183 Å². The molecule has 0 atom stereocenters. The molecule has 9 heteroatoms. The second-order valence-corrected chi connectivity index (χ2v) is 7.25. The zero-order valence-electron chi connectivity index (χ0n) is 17.2. The Balaban J connectivity index is 1.28. The van der Waals surface area contributed by atoms with Crippen LogP contribution in [0.4, 0.5) is 11.4 Å². The molecule has 2 aromatic carbocycles. The highest BCUT2D eigenvalue weighted by molar-refractivity contribution is 5.89. The predicted molar refractivity (Wildman–Crippen MR) is 116 cm³/mol. The number of rotatable bonds is 6. The average molecular weight is 435 g/mol. The van der Waals surface area contributed by atoms with Crippen molar-refractivity contribution in [2.45, 2.75) is 0 Å². The molecule has 0 aliphatic carbocycles. The lowest BCUT2D eigenvalue weighted by Crippen LogP contribution is -2.49. The SMILES string of the molecule is O=C(OCC(=O)N1CCN(c2ccccc2)CC1)c1ccc(-c2ccc([N+](=O)[O-])cc2)o1. The highest BCUT2D eigenvalue weighted by Gasteiger charge is 2.23. The lowest BCUT2D eigenvalue weighted by Gasteiger charge is -2.36. The first kappa shape index (κ1) is 21.1. The van der Waals surface area contributed by atoms with Crippen LogP contribution in [0.15, 0.2) is 71.1 Å². The lowest BCUT2D eigenvalue weighted by atomic mass is 10.1. The number of furan rings is 1. The van der Waals surface area contributed by atoms with E-state index in [-0.39, 0.29) is 24.0 Å². The zero-order valence-corrected chi connectivity index (χ0v) is 17.2. The van der Waals surface area contributed by atoms with E-state index in [1.807, 2.05) is 30.3 Å². The van der Waals surface area contributed by atoms with Crippen LogP contribution in [0.25, 0.3) is 11.3 Å². The molecule has 4 rings (SSSR count). The van der Waals surface area contributed by atoms with Crippen molar-refractivity contribution in [3.63, 3.8) is 0 Å². The van der Waals surface area contributed by atoms with Crippen LogP contribution in [0.5, 0.6) is 0 Å². The number of benzene rings is 2. The Morgan fingerprint density at radius 2 is 1.62 bits per heavy atom. The summed E-state index contributed by atoms with van der Waals surface area (Å²) in [5.74, 6) is -0.669. The van der Waals surface area contributed by atoms with Gasteiger partial charge in [0.1, 0.15) is 5.76 Å². The van der Waals surface area contributed by atoms with Crippen LogP contribution in [0.3, 0.4) is 0 Å². The number of para-hydroxylation sites is 1. The number of nitro benzene ring substituents is 1. The van der Waals surface area contributed by atoms with Gasteiger partial charge in [0.2, 0.25) is 5.76 Å². The van der Waals surface area contributed by atoms with Crippen LogP contribution in [0.2, 0.25) is 0 Å². The summed E-state index contributed by atoms with van der Waals surface area (Å²) in [5.41, 5.74) is 1.66. The van der Waals surface area contributed by atoms with Crippen molar-refractivity contribution in [3.8, 4) is 11.3 Å². The second kappa shape index (κ2) is 9.34. The molecule has 0 radical (unpaired) electrons. The molecule has 9 nitrogen and oxygen atoms in total. The minimum atomic E-state index is -0.741. The summed E-state index contributed by atoms with van der Waals surface area (Å²) in [4.78, 5) is 38.9. The third-order valence-corrected chi connectivity index (χ3v) is 5.25. The largest absolute Gasteiger partial charge is 0.450 e. The normalized spacial score (nSPS) is 13.6. The first-order chi connectivity index (χ1) is 15.5. The van der Waals surface area contributed by atoms with Gasteiger partial charge in [-0.05, 0) is 36.4 Å².